The molecule has 1 aromatic heterocycles. The predicted molar refractivity (Wildman–Crippen MR) is 90.8 cm³/mol. The van der Waals surface area contributed by atoms with Gasteiger partial charge in [-0.25, -0.2) is 9.78 Å². The number of carbonyl (C=O) groups excluding carboxylic acids is 2. The third-order valence-electron chi connectivity index (χ3n) is 4.38. The first-order valence-electron chi connectivity index (χ1n) is 8.61. The van der Waals surface area contributed by atoms with Crippen LogP contribution < -0.4 is 10.6 Å². The first kappa shape index (κ1) is 16.5. The van der Waals surface area contributed by atoms with Gasteiger partial charge in [0.25, 0.3) is 0 Å². The monoisotopic (exact) mass is 332 g/mol. The summed E-state index contributed by atoms with van der Waals surface area (Å²) in [6.45, 7) is 3.53. The summed E-state index contributed by atoms with van der Waals surface area (Å²) >= 11 is 0. The van der Waals surface area contributed by atoms with Crippen LogP contribution in [0, 0.1) is 5.92 Å². The Labute approximate surface area is 141 Å². The van der Waals surface area contributed by atoms with E-state index in [0.29, 0.717) is 25.5 Å². The van der Waals surface area contributed by atoms with Crippen molar-refractivity contribution in [1.82, 2.24) is 9.88 Å². The smallest absolute Gasteiger partial charge is 0.409 e. The van der Waals surface area contributed by atoms with Crippen LogP contribution in [0.1, 0.15) is 32.6 Å². The quantitative estimate of drug-likeness (QED) is 0.865. The molecule has 1 aliphatic heterocycles. The fourth-order valence-corrected chi connectivity index (χ4v) is 2.82. The van der Waals surface area contributed by atoms with Crippen LogP contribution >= 0.6 is 0 Å². The van der Waals surface area contributed by atoms with Gasteiger partial charge >= 0.3 is 6.09 Å². The Bertz CT molecular complexity index is 595. The number of piperidine rings is 1. The van der Waals surface area contributed by atoms with E-state index in [1.807, 2.05) is 19.1 Å². The van der Waals surface area contributed by atoms with Crippen molar-refractivity contribution in [2.75, 3.05) is 30.3 Å². The van der Waals surface area contributed by atoms with Gasteiger partial charge in [-0.05, 0) is 44.7 Å². The average molecular weight is 332 g/mol. The molecule has 24 heavy (non-hydrogen) atoms. The summed E-state index contributed by atoms with van der Waals surface area (Å²) in [6, 6.07) is 3.91. The molecular formula is C17H24N4O3. The molecule has 0 unspecified atom stereocenters. The number of pyridine rings is 1. The Balaban J connectivity index is 1.55. The molecule has 0 aromatic carbocycles. The van der Waals surface area contributed by atoms with Gasteiger partial charge in [-0.1, -0.05) is 0 Å². The van der Waals surface area contributed by atoms with Crippen LogP contribution in [0.4, 0.5) is 16.3 Å². The molecule has 2 heterocycles. The van der Waals surface area contributed by atoms with Crippen molar-refractivity contribution in [3.63, 3.8) is 0 Å². The van der Waals surface area contributed by atoms with Crippen molar-refractivity contribution in [2.45, 2.75) is 38.6 Å². The molecular weight excluding hydrogens is 308 g/mol. The molecule has 7 nitrogen and oxygen atoms in total. The van der Waals surface area contributed by atoms with Gasteiger partial charge in [-0.3, -0.25) is 4.79 Å². The molecule has 1 aromatic rings. The maximum atomic E-state index is 12.0. The van der Waals surface area contributed by atoms with E-state index in [2.05, 4.69) is 15.6 Å². The highest BCUT2D eigenvalue weighted by Gasteiger charge is 2.30. The Hall–Kier alpha value is -2.31. The molecule has 1 saturated heterocycles. The largest absolute Gasteiger partial charge is 0.450 e. The fraction of sp³-hybridized carbons (Fsp3) is 0.588. The topological polar surface area (TPSA) is 83.6 Å². The van der Waals surface area contributed by atoms with Gasteiger partial charge < -0.3 is 20.3 Å². The zero-order valence-corrected chi connectivity index (χ0v) is 14.0. The molecule has 1 saturated carbocycles. The Kier molecular flexibility index (Phi) is 5.17. The SMILES string of the molecule is CCOC(=O)N1CCC(Nc2ncccc2NC(=O)C2CC2)CC1. The van der Waals surface area contributed by atoms with Crippen molar-refractivity contribution < 1.29 is 14.3 Å². The number of likely N-dealkylation sites (tertiary alicyclic amines) is 1. The summed E-state index contributed by atoms with van der Waals surface area (Å²) < 4.78 is 5.03. The second kappa shape index (κ2) is 7.51. The van der Waals surface area contributed by atoms with E-state index in [9.17, 15) is 9.59 Å². The summed E-state index contributed by atoms with van der Waals surface area (Å²) in [5.41, 5.74) is 0.724. The highest BCUT2D eigenvalue weighted by atomic mass is 16.6. The Morgan fingerprint density at radius 3 is 2.71 bits per heavy atom. The predicted octanol–water partition coefficient (Wildman–Crippen LogP) is 2.46. The van der Waals surface area contributed by atoms with Crippen LogP contribution in [0.5, 0.6) is 0 Å². The van der Waals surface area contributed by atoms with Gasteiger partial charge in [0.15, 0.2) is 0 Å². The second-order valence-corrected chi connectivity index (χ2v) is 6.27. The average Bonchev–Trinajstić information content (AvgIpc) is 3.42. The number of rotatable bonds is 5. The number of anilines is 2. The summed E-state index contributed by atoms with van der Waals surface area (Å²) in [6.07, 6.45) is 5.06. The van der Waals surface area contributed by atoms with Gasteiger partial charge in [0.05, 0.1) is 12.3 Å². The molecule has 0 spiro atoms. The zero-order chi connectivity index (χ0) is 16.9. The molecule has 3 rings (SSSR count). The molecule has 2 aliphatic rings. The maximum absolute atomic E-state index is 12.0. The van der Waals surface area contributed by atoms with E-state index in [4.69, 9.17) is 4.74 Å². The van der Waals surface area contributed by atoms with Gasteiger partial charge in [-0.15, -0.1) is 0 Å². The van der Waals surface area contributed by atoms with Crippen LogP contribution in [-0.4, -0.2) is 47.6 Å². The van der Waals surface area contributed by atoms with Crippen LogP contribution in [0.2, 0.25) is 0 Å². The first-order chi connectivity index (χ1) is 11.7. The summed E-state index contributed by atoms with van der Waals surface area (Å²) in [5, 5.41) is 6.36. The number of amides is 2. The standard InChI is InChI=1S/C17H24N4O3/c1-2-24-17(23)21-10-7-13(8-11-21)19-15-14(4-3-9-18-15)20-16(22)12-5-6-12/h3-4,9,12-13H,2,5-8,10-11H2,1H3,(H,18,19)(H,20,22). The van der Waals surface area contributed by atoms with Crippen molar-refractivity contribution in [3.8, 4) is 0 Å². The van der Waals surface area contributed by atoms with E-state index >= 15 is 0 Å². The normalized spacial score (nSPS) is 18.1. The minimum atomic E-state index is -0.244. The van der Waals surface area contributed by atoms with E-state index in [-0.39, 0.29) is 24.0 Å². The lowest BCUT2D eigenvalue weighted by Gasteiger charge is -2.32. The van der Waals surface area contributed by atoms with Crippen LogP contribution in [0.15, 0.2) is 18.3 Å². The molecule has 0 atom stereocenters. The number of ether oxygens (including phenoxy) is 1. The van der Waals surface area contributed by atoms with Gasteiger partial charge in [0.1, 0.15) is 5.82 Å². The lowest BCUT2D eigenvalue weighted by atomic mass is 10.1. The van der Waals surface area contributed by atoms with E-state index < -0.39 is 0 Å². The number of hydrogen-bond donors (Lipinski definition) is 2. The van der Waals surface area contributed by atoms with Crippen molar-refractivity contribution in [3.05, 3.63) is 18.3 Å². The van der Waals surface area contributed by atoms with E-state index in [0.717, 1.165) is 31.4 Å². The summed E-state index contributed by atoms with van der Waals surface area (Å²) in [5.74, 6) is 0.926. The van der Waals surface area contributed by atoms with Crippen molar-refractivity contribution >= 4 is 23.5 Å². The lowest BCUT2D eigenvalue weighted by molar-refractivity contribution is -0.117. The zero-order valence-electron chi connectivity index (χ0n) is 14.0. The lowest BCUT2D eigenvalue weighted by Crippen LogP contribution is -2.42. The number of nitrogens with zero attached hydrogens (tertiary/aromatic N) is 2. The van der Waals surface area contributed by atoms with Crippen LogP contribution in [0.3, 0.4) is 0 Å². The Morgan fingerprint density at radius 1 is 1.29 bits per heavy atom. The molecule has 2 amide bonds. The fourth-order valence-electron chi connectivity index (χ4n) is 2.82. The highest BCUT2D eigenvalue weighted by Crippen LogP contribution is 2.31. The number of aromatic nitrogens is 1. The molecule has 7 heteroatoms. The van der Waals surface area contributed by atoms with Gasteiger partial charge in [0.2, 0.25) is 5.91 Å². The number of nitrogens with one attached hydrogen (secondary N) is 2. The first-order valence-corrected chi connectivity index (χ1v) is 8.61. The molecule has 2 N–H and O–H groups in total. The third kappa shape index (κ3) is 4.15. The summed E-state index contributed by atoms with van der Waals surface area (Å²) in [7, 11) is 0. The molecule has 130 valence electrons. The minimum absolute atomic E-state index is 0.0724. The number of carbonyl (C=O) groups is 2. The van der Waals surface area contributed by atoms with Crippen molar-refractivity contribution in [2.24, 2.45) is 5.92 Å². The summed E-state index contributed by atoms with van der Waals surface area (Å²) in [4.78, 5) is 29.8. The Morgan fingerprint density at radius 2 is 2.04 bits per heavy atom. The van der Waals surface area contributed by atoms with Gasteiger partial charge in [-0.2, -0.15) is 0 Å². The third-order valence-corrected chi connectivity index (χ3v) is 4.38. The van der Waals surface area contributed by atoms with Crippen LogP contribution in [0.25, 0.3) is 0 Å². The van der Waals surface area contributed by atoms with E-state index in [1.54, 1.807) is 11.1 Å². The van der Waals surface area contributed by atoms with Crippen molar-refractivity contribution in [1.29, 1.82) is 0 Å². The second-order valence-electron chi connectivity index (χ2n) is 6.27. The molecule has 0 radical (unpaired) electrons. The highest BCUT2D eigenvalue weighted by molar-refractivity contribution is 5.96. The minimum Gasteiger partial charge on any atom is -0.450 e. The molecule has 0 bridgehead atoms. The molecule has 2 fully saturated rings. The number of hydrogen-bond acceptors (Lipinski definition) is 5. The van der Waals surface area contributed by atoms with Gasteiger partial charge in [0, 0.05) is 31.2 Å². The van der Waals surface area contributed by atoms with Crippen LogP contribution in [-0.2, 0) is 9.53 Å². The molecule has 1 aliphatic carbocycles. The van der Waals surface area contributed by atoms with E-state index in [1.165, 1.54) is 0 Å². The maximum Gasteiger partial charge on any atom is 0.409 e.